The molecule has 108 valence electrons. The lowest BCUT2D eigenvalue weighted by Crippen LogP contribution is -2.36. The highest BCUT2D eigenvalue weighted by Crippen LogP contribution is 2.09. The summed E-state index contributed by atoms with van der Waals surface area (Å²) >= 11 is 0. The fourth-order valence-electron chi connectivity index (χ4n) is 1.41. The molecule has 9 heteroatoms. The zero-order valence-electron chi connectivity index (χ0n) is 10.9. The number of hydrogen-bond acceptors (Lipinski definition) is 6. The Morgan fingerprint density at radius 1 is 1.50 bits per heavy atom. The van der Waals surface area contributed by atoms with Gasteiger partial charge in [0.1, 0.15) is 12.1 Å². The van der Waals surface area contributed by atoms with Crippen molar-refractivity contribution in [3.8, 4) is 0 Å². The standard InChI is InChI=1S/C11H13N3O6/c1-3-20-9(15)6-13(2)11(17)8-4-7(14(18)19)5-12-10(8)16/h4-5H,3,6H2,1-2H3,(H,12,16). The largest absolute Gasteiger partial charge is 0.465 e. The Hall–Kier alpha value is -2.71. The van der Waals surface area contributed by atoms with E-state index in [1.807, 2.05) is 0 Å². The predicted molar refractivity (Wildman–Crippen MR) is 67.3 cm³/mol. The average molecular weight is 283 g/mol. The minimum absolute atomic E-state index is 0.165. The van der Waals surface area contributed by atoms with E-state index in [1.165, 1.54) is 7.05 Å². The second-order valence-electron chi connectivity index (χ2n) is 3.82. The van der Waals surface area contributed by atoms with E-state index in [4.69, 9.17) is 0 Å². The highest BCUT2D eigenvalue weighted by Gasteiger charge is 2.21. The molecule has 0 bridgehead atoms. The maximum absolute atomic E-state index is 12.0. The summed E-state index contributed by atoms with van der Waals surface area (Å²) in [5.41, 5.74) is -1.60. The number of likely N-dealkylation sites (N-methyl/N-ethyl adjacent to an activating group) is 1. The molecule has 0 spiro atoms. The summed E-state index contributed by atoms with van der Waals surface area (Å²) in [5.74, 6) is -1.44. The molecule has 0 aliphatic carbocycles. The molecule has 1 rings (SSSR count). The van der Waals surface area contributed by atoms with Gasteiger partial charge in [-0.05, 0) is 6.92 Å². The second-order valence-corrected chi connectivity index (χ2v) is 3.82. The van der Waals surface area contributed by atoms with Crippen LogP contribution < -0.4 is 5.56 Å². The van der Waals surface area contributed by atoms with Crippen LogP contribution in [0.3, 0.4) is 0 Å². The van der Waals surface area contributed by atoms with Gasteiger partial charge in [-0.2, -0.15) is 0 Å². The summed E-state index contributed by atoms with van der Waals surface area (Å²) in [4.78, 5) is 47.6. The summed E-state index contributed by atoms with van der Waals surface area (Å²) in [5, 5.41) is 10.6. The normalized spacial score (nSPS) is 9.90. The lowest BCUT2D eigenvalue weighted by molar-refractivity contribution is -0.385. The number of rotatable bonds is 5. The van der Waals surface area contributed by atoms with Gasteiger partial charge in [0.05, 0.1) is 17.7 Å². The zero-order chi connectivity index (χ0) is 15.3. The van der Waals surface area contributed by atoms with Crippen LogP contribution in [0.2, 0.25) is 0 Å². The number of amides is 1. The van der Waals surface area contributed by atoms with Crippen LogP contribution in [0, 0.1) is 10.1 Å². The monoisotopic (exact) mass is 283 g/mol. The van der Waals surface area contributed by atoms with Crippen molar-refractivity contribution in [2.45, 2.75) is 6.92 Å². The number of esters is 1. The maximum Gasteiger partial charge on any atom is 0.325 e. The predicted octanol–water partition coefficient (Wildman–Crippen LogP) is -0.0818. The molecular formula is C11H13N3O6. The van der Waals surface area contributed by atoms with Gasteiger partial charge < -0.3 is 14.6 Å². The van der Waals surface area contributed by atoms with Gasteiger partial charge in [0.25, 0.3) is 17.2 Å². The Morgan fingerprint density at radius 2 is 2.15 bits per heavy atom. The van der Waals surface area contributed by atoms with Gasteiger partial charge in [-0.3, -0.25) is 24.5 Å². The number of nitrogens with one attached hydrogen (secondary N) is 1. The molecule has 1 amide bonds. The lowest BCUT2D eigenvalue weighted by Gasteiger charge is -2.15. The molecule has 0 aromatic carbocycles. The maximum atomic E-state index is 12.0. The Balaban J connectivity index is 2.96. The van der Waals surface area contributed by atoms with E-state index in [0.717, 1.165) is 17.2 Å². The molecule has 9 nitrogen and oxygen atoms in total. The van der Waals surface area contributed by atoms with Gasteiger partial charge in [-0.25, -0.2) is 0 Å². The first-order valence-electron chi connectivity index (χ1n) is 5.65. The van der Waals surface area contributed by atoms with Crippen molar-refractivity contribution in [2.75, 3.05) is 20.2 Å². The fraction of sp³-hybridized carbons (Fsp3) is 0.364. The molecule has 1 aromatic heterocycles. The molecule has 0 saturated carbocycles. The van der Waals surface area contributed by atoms with Crippen LogP contribution in [0.15, 0.2) is 17.1 Å². The molecule has 0 unspecified atom stereocenters. The van der Waals surface area contributed by atoms with Crippen molar-refractivity contribution in [3.63, 3.8) is 0 Å². The number of carbonyl (C=O) groups excluding carboxylic acids is 2. The van der Waals surface area contributed by atoms with Gasteiger partial charge in [0, 0.05) is 13.1 Å². The van der Waals surface area contributed by atoms with Crippen LogP contribution >= 0.6 is 0 Å². The van der Waals surface area contributed by atoms with E-state index in [1.54, 1.807) is 6.92 Å². The van der Waals surface area contributed by atoms with Crippen molar-refractivity contribution in [3.05, 3.63) is 38.3 Å². The molecule has 0 atom stereocenters. The molecule has 1 heterocycles. The first kappa shape index (κ1) is 15.3. The summed E-state index contributed by atoms with van der Waals surface area (Å²) in [6, 6.07) is 0.864. The minimum atomic E-state index is -0.803. The molecule has 0 radical (unpaired) electrons. The number of hydrogen-bond donors (Lipinski definition) is 1. The summed E-state index contributed by atoms with van der Waals surface area (Å²) < 4.78 is 4.66. The van der Waals surface area contributed by atoms with Crippen LogP contribution in [0.4, 0.5) is 5.69 Å². The van der Waals surface area contributed by atoms with E-state index in [-0.39, 0.29) is 13.2 Å². The van der Waals surface area contributed by atoms with Gasteiger partial charge in [-0.15, -0.1) is 0 Å². The van der Waals surface area contributed by atoms with Crippen molar-refractivity contribution in [2.24, 2.45) is 0 Å². The van der Waals surface area contributed by atoms with Gasteiger partial charge in [0.2, 0.25) is 0 Å². The number of aromatic amines is 1. The third-order valence-corrected chi connectivity index (χ3v) is 2.35. The Morgan fingerprint density at radius 3 is 2.70 bits per heavy atom. The average Bonchev–Trinajstić information content (AvgIpc) is 2.38. The summed E-state index contributed by atoms with van der Waals surface area (Å²) in [6.45, 7) is 1.43. The van der Waals surface area contributed by atoms with Crippen molar-refractivity contribution < 1.29 is 19.2 Å². The Bertz CT molecular complexity index is 594. The lowest BCUT2D eigenvalue weighted by atomic mass is 10.2. The van der Waals surface area contributed by atoms with E-state index in [2.05, 4.69) is 9.72 Å². The molecule has 20 heavy (non-hydrogen) atoms. The van der Waals surface area contributed by atoms with Crippen LogP contribution in [-0.2, 0) is 9.53 Å². The highest BCUT2D eigenvalue weighted by atomic mass is 16.6. The van der Waals surface area contributed by atoms with Crippen LogP contribution in [0.25, 0.3) is 0 Å². The highest BCUT2D eigenvalue weighted by molar-refractivity contribution is 5.95. The van der Waals surface area contributed by atoms with E-state index >= 15 is 0 Å². The van der Waals surface area contributed by atoms with E-state index in [9.17, 15) is 24.5 Å². The molecular weight excluding hydrogens is 270 g/mol. The van der Waals surface area contributed by atoms with E-state index < -0.39 is 33.6 Å². The number of nitrogens with zero attached hydrogens (tertiary/aromatic N) is 2. The zero-order valence-corrected chi connectivity index (χ0v) is 10.9. The first-order chi connectivity index (χ1) is 9.36. The van der Waals surface area contributed by atoms with E-state index in [0.29, 0.717) is 0 Å². The minimum Gasteiger partial charge on any atom is -0.465 e. The first-order valence-corrected chi connectivity index (χ1v) is 5.65. The number of pyridine rings is 1. The van der Waals surface area contributed by atoms with Gasteiger partial charge in [-0.1, -0.05) is 0 Å². The van der Waals surface area contributed by atoms with Crippen LogP contribution in [-0.4, -0.2) is 46.9 Å². The molecule has 0 aliphatic rings. The summed E-state index contributed by atoms with van der Waals surface area (Å²) in [6.07, 6.45) is 0.893. The topological polar surface area (TPSA) is 123 Å². The number of aromatic nitrogens is 1. The van der Waals surface area contributed by atoms with Gasteiger partial charge in [0.15, 0.2) is 0 Å². The second kappa shape index (κ2) is 6.45. The Labute approximate surface area is 113 Å². The molecule has 1 aromatic rings. The number of carbonyl (C=O) groups is 2. The molecule has 0 saturated heterocycles. The molecule has 0 aliphatic heterocycles. The SMILES string of the molecule is CCOC(=O)CN(C)C(=O)c1cc([N+](=O)[O-])c[nH]c1=O. The van der Waals surface area contributed by atoms with Crippen LogP contribution in [0.5, 0.6) is 0 Å². The molecule has 1 N–H and O–H groups in total. The number of nitro groups is 1. The van der Waals surface area contributed by atoms with Crippen molar-refractivity contribution in [1.82, 2.24) is 9.88 Å². The smallest absolute Gasteiger partial charge is 0.325 e. The Kier molecular flexibility index (Phi) is 4.95. The molecule has 0 fully saturated rings. The quantitative estimate of drug-likeness (QED) is 0.458. The number of H-pyrrole nitrogens is 1. The summed E-state index contributed by atoms with van der Waals surface area (Å²) in [7, 11) is 1.29. The third-order valence-electron chi connectivity index (χ3n) is 2.35. The third kappa shape index (κ3) is 3.64. The van der Waals surface area contributed by atoms with Crippen molar-refractivity contribution >= 4 is 17.6 Å². The van der Waals surface area contributed by atoms with Crippen molar-refractivity contribution in [1.29, 1.82) is 0 Å². The van der Waals surface area contributed by atoms with Gasteiger partial charge >= 0.3 is 5.97 Å². The number of ether oxygens (including phenoxy) is 1. The fourth-order valence-corrected chi connectivity index (χ4v) is 1.41. The van der Waals surface area contributed by atoms with Crippen LogP contribution in [0.1, 0.15) is 17.3 Å².